The van der Waals surface area contributed by atoms with Crippen LogP contribution in [0.4, 0.5) is 0 Å². The van der Waals surface area contributed by atoms with Crippen LogP contribution in [0.5, 0.6) is 0 Å². The lowest BCUT2D eigenvalue weighted by Crippen LogP contribution is -2.60. The fourth-order valence-corrected chi connectivity index (χ4v) is 5.38. The van der Waals surface area contributed by atoms with E-state index in [2.05, 4.69) is 35.9 Å². The van der Waals surface area contributed by atoms with Crippen LogP contribution < -0.4 is 0 Å². The van der Waals surface area contributed by atoms with Crippen molar-refractivity contribution in [3.05, 3.63) is 66.0 Å². The van der Waals surface area contributed by atoms with Crippen LogP contribution in [0.1, 0.15) is 43.5 Å². The van der Waals surface area contributed by atoms with Crippen LogP contribution in [-0.2, 0) is 21.8 Å². The largest absolute Gasteiger partial charge is 0.243 e. The van der Waals surface area contributed by atoms with Crippen molar-refractivity contribution in [1.82, 2.24) is 14.8 Å². The maximum Gasteiger partial charge on any atom is 0.181 e. The van der Waals surface area contributed by atoms with Crippen LogP contribution in [-0.4, -0.2) is 29.4 Å². The normalized spacial score (nSPS) is 23.9. The first kappa shape index (κ1) is 18.6. The van der Waals surface area contributed by atoms with Crippen molar-refractivity contribution in [3.63, 3.8) is 0 Å². The fraction of sp³-hybridized carbons (Fsp3) is 0.391. The third-order valence-corrected chi connectivity index (χ3v) is 7.62. The van der Waals surface area contributed by atoms with E-state index in [0.29, 0.717) is 16.6 Å². The minimum atomic E-state index is -3.27. The summed E-state index contributed by atoms with van der Waals surface area (Å²) >= 11 is 0. The molecule has 6 heteroatoms. The molecule has 3 fully saturated rings. The third-order valence-electron chi connectivity index (χ3n) is 6.51. The van der Waals surface area contributed by atoms with E-state index in [1.54, 1.807) is 18.2 Å². The van der Waals surface area contributed by atoms with Crippen molar-refractivity contribution in [3.8, 4) is 11.4 Å². The smallest absolute Gasteiger partial charge is 0.181 e. The molecule has 1 aromatic heterocycles. The van der Waals surface area contributed by atoms with Crippen LogP contribution in [0.25, 0.3) is 11.4 Å². The lowest BCUT2D eigenvalue weighted by Gasteiger charge is -2.61. The van der Waals surface area contributed by atoms with Gasteiger partial charge in [0.1, 0.15) is 5.82 Å². The minimum absolute atomic E-state index is 0.135. The van der Waals surface area contributed by atoms with Gasteiger partial charge in [0.15, 0.2) is 15.7 Å². The van der Waals surface area contributed by atoms with E-state index in [9.17, 15) is 8.42 Å². The van der Waals surface area contributed by atoms with E-state index in [0.717, 1.165) is 23.7 Å². The number of aromatic nitrogens is 3. The Morgan fingerprint density at radius 2 is 1.83 bits per heavy atom. The van der Waals surface area contributed by atoms with Gasteiger partial charge in [-0.1, -0.05) is 49.4 Å². The summed E-state index contributed by atoms with van der Waals surface area (Å²) in [5, 5.41) is 4.89. The summed E-state index contributed by atoms with van der Waals surface area (Å²) in [4.78, 5) is 5.20. The third kappa shape index (κ3) is 3.19. The monoisotopic (exact) mass is 407 g/mol. The maximum absolute atomic E-state index is 12.0. The number of nitrogens with zero attached hydrogens (tertiary/aromatic N) is 3. The first-order valence-corrected chi connectivity index (χ1v) is 12.1. The van der Waals surface area contributed by atoms with Gasteiger partial charge >= 0.3 is 0 Å². The van der Waals surface area contributed by atoms with Gasteiger partial charge in [0.25, 0.3) is 0 Å². The Kier molecular flexibility index (Phi) is 4.17. The average Bonchev–Trinajstić information content (AvgIpc) is 3.03. The lowest BCUT2D eigenvalue weighted by molar-refractivity contribution is -0.0999. The molecular weight excluding hydrogens is 382 g/mol. The molecule has 29 heavy (non-hydrogen) atoms. The molecule has 2 bridgehead atoms. The van der Waals surface area contributed by atoms with E-state index in [4.69, 9.17) is 10.1 Å². The molecule has 5 nitrogen and oxygen atoms in total. The summed E-state index contributed by atoms with van der Waals surface area (Å²) in [6.07, 6.45) is 5.60. The number of hydrogen-bond donors (Lipinski definition) is 0. The molecule has 3 aliphatic carbocycles. The topological polar surface area (TPSA) is 64.8 Å². The van der Waals surface area contributed by atoms with Crippen molar-refractivity contribution in [2.75, 3.05) is 6.26 Å². The van der Waals surface area contributed by atoms with Crippen molar-refractivity contribution in [2.24, 2.45) is 5.92 Å². The van der Waals surface area contributed by atoms with Gasteiger partial charge < -0.3 is 0 Å². The molecule has 1 unspecified atom stereocenters. The first-order valence-electron chi connectivity index (χ1n) is 10.2. The zero-order chi connectivity index (χ0) is 20.2. The molecule has 0 N–H and O–H groups in total. The molecule has 3 aliphatic rings. The second-order valence-electron chi connectivity index (χ2n) is 8.78. The molecule has 0 amide bonds. The number of sulfone groups is 1. The average molecular weight is 408 g/mol. The predicted octanol–water partition coefficient (Wildman–Crippen LogP) is 4.20. The van der Waals surface area contributed by atoms with Gasteiger partial charge in [-0.3, -0.25) is 0 Å². The highest BCUT2D eigenvalue weighted by molar-refractivity contribution is 7.90. The number of hydrogen-bond acceptors (Lipinski definition) is 4. The zero-order valence-electron chi connectivity index (χ0n) is 16.7. The molecule has 0 spiro atoms. The number of rotatable bonds is 6. The molecule has 3 saturated carbocycles. The van der Waals surface area contributed by atoms with Gasteiger partial charge in [0.05, 0.1) is 10.4 Å². The summed E-state index contributed by atoms with van der Waals surface area (Å²) in [7, 11) is -3.27. The van der Waals surface area contributed by atoms with Crippen LogP contribution in [0.3, 0.4) is 0 Å². The van der Waals surface area contributed by atoms with E-state index in [1.165, 1.54) is 31.1 Å². The van der Waals surface area contributed by atoms with E-state index in [-0.39, 0.29) is 5.54 Å². The molecule has 6 rings (SSSR count). The molecule has 1 heterocycles. The Bertz CT molecular complexity index is 1150. The van der Waals surface area contributed by atoms with Gasteiger partial charge in [-0.15, -0.1) is 0 Å². The van der Waals surface area contributed by atoms with Gasteiger partial charge in [-0.25, -0.2) is 18.1 Å². The van der Waals surface area contributed by atoms with Crippen molar-refractivity contribution in [2.45, 2.75) is 49.0 Å². The predicted molar refractivity (Wildman–Crippen MR) is 112 cm³/mol. The molecule has 0 aliphatic heterocycles. The van der Waals surface area contributed by atoms with Crippen LogP contribution in [0, 0.1) is 5.92 Å². The Morgan fingerprint density at radius 1 is 1.10 bits per heavy atom. The molecule has 2 aromatic carbocycles. The molecule has 1 atom stereocenters. The quantitative estimate of drug-likeness (QED) is 0.614. The van der Waals surface area contributed by atoms with E-state index >= 15 is 0 Å². The fourth-order valence-electron chi connectivity index (χ4n) is 4.71. The molecule has 0 saturated heterocycles. The van der Waals surface area contributed by atoms with Crippen LogP contribution >= 0.6 is 0 Å². The second-order valence-corrected chi connectivity index (χ2v) is 10.8. The highest BCUT2D eigenvalue weighted by Crippen LogP contribution is 2.62. The van der Waals surface area contributed by atoms with Crippen molar-refractivity contribution >= 4 is 9.84 Å². The van der Waals surface area contributed by atoms with Crippen molar-refractivity contribution < 1.29 is 8.42 Å². The van der Waals surface area contributed by atoms with Gasteiger partial charge in [0, 0.05) is 18.2 Å². The standard InChI is InChI=1S/C23H25N3O2S/c1-16(18-7-4-3-5-8-18)11-21-24-22(25-26(21)23-13-17(14-23)15-23)19-9-6-10-20(12-19)29(2,27)28/h3-10,12,16-17H,11,13-15H2,1-2H3. The summed E-state index contributed by atoms with van der Waals surface area (Å²) in [6, 6.07) is 17.4. The highest BCUT2D eigenvalue weighted by Gasteiger charge is 2.59. The molecule has 150 valence electrons. The Balaban J connectivity index is 1.52. The van der Waals surface area contributed by atoms with Gasteiger partial charge in [0.2, 0.25) is 0 Å². The summed E-state index contributed by atoms with van der Waals surface area (Å²) < 4.78 is 26.1. The Morgan fingerprint density at radius 3 is 2.45 bits per heavy atom. The van der Waals surface area contributed by atoms with E-state index < -0.39 is 9.84 Å². The Hall–Kier alpha value is -2.47. The summed E-state index contributed by atoms with van der Waals surface area (Å²) in [6.45, 7) is 2.22. The van der Waals surface area contributed by atoms with Crippen LogP contribution in [0.2, 0.25) is 0 Å². The minimum Gasteiger partial charge on any atom is -0.243 e. The maximum atomic E-state index is 12.0. The SMILES string of the molecule is CC(Cc1nc(-c2cccc(S(C)(=O)=O)c2)nn1C12CC(C1)C2)c1ccccc1. The zero-order valence-corrected chi connectivity index (χ0v) is 17.6. The summed E-state index contributed by atoms with van der Waals surface area (Å²) in [5.41, 5.74) is 2.18. The highest BCUT2D eigenvalue weighted by atomic mass is 32.2. The molecular formula is C23H25N3O2S. The molecule has 0 radical (unpaired) electrons. The second kappa shape index (κ2) is 6.52. The van der Waals surface area contributed by atoms with Gasteiger partial charge in [-0.05, 0) is 48.8 Å². The first-order chi connectivity index (χ1) is 13.8. The lowest BCUT2D eigenvalue weighted by atomic mass is 9.50. The summed E-state index contributed by atoms with van der Waals surface area (Å²) in [5.74, 6) is 2.80. The molecule has 3 aromatic rings. The van der Waals surface area contributed by atoms with Crippen LogP contribution in [0.15, 0.2) is 59.5 Å². The Labute approximate surface area is 171 Å². The van der Waals surface area contributed by atoms with E-state index in [1.807, 2.05) is 12.1 Å². The van der Waals surface area contributed by atoms with Crippen molar-refractivity contribution in [1.29, 1.82) is 0 Å². The van der Waals surface area contributed by atoms with Gasteiger partial charge in [-0.2, -0.15) is 5.10 Å². The number of benzene rings is 2.